The van der Waals surface area contributed by atoms with Gasteiger partial charge in [0.25, 0.3) is 0 Å². The molecule has 0 fully saturated rings. The lowest BCUT2D eigenvalue weighted by Gasteiger charge is -1.90. The van der Waals surface area contributed by atoms with E-state index < -0.39 is 0 Å². The minimum absolute atomic E-state index is 0.814. The molecule has 0 aromatic heterocycles. The molecule has 0 spiro atoms. The topological polar surface area (TPSA) is 17.1 Å². The highest BCUT2D eigenvalue weighted by molar-refractivity contribution is 5.65. The Morgan fingerprint density at radius 2 is 2.30 bits per heavy atom. The number of hydrogen-bond acceptors (Lipinski definition) is 1. The van der Waals surface area contributed by atoms with Gasteiger partial charge in [-0.15, -0.1) is 11.8 Å². The van der Waals surface area contributed by atoms with Crippen molar-refractivity contribution in [3.8, 4) is 11.8 Å². The van der Waals surface area contributed by atoms with Crippen molar-refractivity contribution in [3.63, 3.8) is 0 Å². The van der Waals surface area contributed by atoms with Crippen LogP contribution in [-0.4, -0.2) is 6.29 Å². The number of allylic oxidation sites excluding steroid dienone is 2. The van der Waals surface area contributed by atoms with Crippen LogP contribution < -0.4 is 0 Å². The SMILES string of the molecule is CC#CCC/C(C)=C/C=O. The monoisotopic (exact) mass is 136 g/mol. The van der Waals surface area contributed by atoms with Crippen molar-refractivity contribution in [1.82, 2.24) is 0 Å². The van der Waals surface area contributed by atoms with E-state index in [9.17, 15) is 4.79 Å². The summed E-state index contributed by atoms with van der Waals surface area (Å²) in [5.41, 5.74) is 1.10. The van der Waals surface area contributed by atoms with Crippen LogP contribution in [0.4, 0.5) is 0 Å². The van der Waals surface area contributed by atoms with Gasteiger partial charge in [0.2, 0.25) is 0 Å². The van der Waals surface area contributed by atoms with E-state index in [2.05, 4.69) is 11.8 Å². The number of hydrogen-bond donors (Lipinski definition) is 0. The molecule has 0 amide bonds. The van der Waals surface area contributed by atoms with Gasteiger partial charge in [-0.05, 0) is 26.3 Å². The minimum atomic E-state index is 0.814. The normalized spacial score (nSPS) is 10.0. The Balaban J connectivity index is 3.55. The first-order valence-electron chi connectivity index (χ1n) is 3.31. The third kappa shape index (κ3) is 5.11. The third-order valence-electron chi connectivity index (χ3n) is 1.17. The molecule has 0 unspecified atom stereocenters. The molecular weight excluding hydrogens is 124 g/mol. The number of carbonyl (C=O) groups is 1. The first kappa shape index (κ1) is 8.97. The molecule has 0 bridgehead atoms. The maximum atomic E-state index is 9.94. The summed E-state index contributed by atoms with van der Waals surface area (Å²) in [6, 6.07) is 0. The van der Waals surface area contributed by atoms with E-state index in [1.807, 2.05) is 13.8 Å². The fourth-order valence-electron chi connectivity index (χ4n) is 0.584. The zero-order valence-electron chi connectivity index (χ0n) is 6.48. The quantitative estimate of drug-likeness (QED) is 0.329. The van der Waals surface area contributed by atoms with E-state index in [1.165, 1.54) is 0 Å². The molecule has 0 aliphatic carbocycles. The van der Waals surface area contributed by atoms with Gasteiger partial charge >= 0.3 is 0 Å². The lowest BCUT2D eigenvalue weighted by molar-refractivity contribution is -0.104. The van der Waals surface area contributed by atoms with Gasteiger partial charge in [0.15, 0.2) is 0 Å². The summed E-state index contributed by atoms with van der Waals surface area (Å²) in [5, 5.41) is 0. The second-order valence-electron chi connectivity index (χ2n) is 2.08. The fourth-order valence-corrected chi connectivity index (χ4v) is 0.584. The van der Waals surface area contributed by atoms with Gasteiger partial charge in [-0.3, -0.25) is 4.79 Å². The molecule has 54 valence electrons. The lowest BCUT2D eigenvalue weighted by Crippen LogP contribution is -1.76. The highest BCUT2D eigenvalue weighted by Crippen LogP contribution is 2.00. The van der Waals surface area contributed by atoms with Crippen LogP contribution in [0.1, 0.15) is 26.7 Å². The van der Waals surface area contributed by atoms with Crippen molar-refractivity contribution in [1.29, 1.82) is 0 Å². The highest BCUT2D eigenvalue weighted by Gasteiger charge is 1.84. The van der Waals surface area contributed by atoms with Crippen molar-refractivity contribution in [2.45, 2.75) is 26.7 Å². The average Bonchev–Trinajstić information content (AvgIpc) is 1.89. The van der Waals surface area contributed by atoms with Crippen molar-refractivity contribution >= 4 is 6.29 Å². The van der Waals surface area contributed by atoms with E-state index in [1.54, 1.807) is 6.08 Å². The average molecular weight is 136 g/mol. The Kier molecular flexibility index (Phi) is 5.47. The molecular formula is C9H12O. The van der Waals surface area contributed by atoms with E-state index in [0.717, 1.165) is 24.7 Å². The van der Waals surface area contributed by atoms with Gasteiger partial charge in [-0.25, -0.2) is 0 Å². The van der Waals surface area contributed by atoms with Crippen LogP contribution in [0.5, 0.6) is 0 Å². The molecule has 0 aliphatic rings. The Morgan fingerprint density at radius 1 is 1.60 bits per heavy atom. The number of aldehydes is 1. The van der Waals surface area contributed by atoms with E-state index in [0.29, 0.717) is 0 Å². The summed E-state index contributed by atoms with van der Waals surface area (Å²) in [4.78, 5) is 9.94. The molecule has 0 rings (SSSR count). The molecule has 0 saturated carbocycles. The summed E-state index contributed by atoms with van der Waals surface area (Å²) in [6.07, 6.45) is 4.15. The Bertz CT molecular complexity index is 179. The maximum Gasteiger partial charge on any atom is 0.142 e. The molecule has 0 radical (unpaired) electrons. The zero-order valence-corrected chi connectivity index (χ0v) is 6.48. The largest absolute Gasteiger partial charge is 0.299 e. The first-order chi connectivity index (χ1) is 4.81. The number of rotatable bonds is 3. The van der Waals surface area contributed by atoms with Crippen molar-refractivity contribution in [2.24, 2.45) is 0 Å². The Morgan fingerprint density at radius 3 is 2.80 bits per heavy atom. The second-order valence-corrected chi connectivity index (χ2v) is 2.08. The Labute approximate surface area is 62.1 Å². The highest BCUT2D eigenvalue weighted by atomic mass is 16.1. The summed E-state index contributed by atoms with van der Waals surface area (Å²) < 4.78 is 0. The van der Waals surface area contributed by atoms with Gasteiger partial charge in [-0.1, -0.05) is 5.57 Å². The molecule has 1 heteroatoms. The molecule has 0 N–H and O–H groups in total. The summed E-state index contributed by atoms with van der Waals surface area (Å²) in [5.74, 6) is 5.73. The van der Waals surface area contributed by atoms with E-state index in [-0.39, 0.29) is 0 Å². The lowest BCUT2D eigenvalue weighted by atomic mass is 10.1. The maximum absolute atomic E-state index is 9.94. The summed E-state index contributed by atoms with van der Waals surface area (Å²) in [7, 11) is 0. The predicted octanol–water partition coefficient (Wildman–Crippen LogP) is 1.94. The Hall–Kier alpha value is -1.03. The fraction of sp³-hybridized carbons (Fsp3) is 0.444. The van der Waals surface area contributed by atoms with Crippen LogP contribution >= 0.6 is 0 Å². The first-order valence-corrected chi connectivity index (χ1v) is 3.31. The molecule has 0 saturated heterocycles. The smallest absolute Gasteiger partial charge is 0.142 e. The predicted molar refractivity (Wildman–Crippen MR) is 42.5 cm³/mol. The molecule has 0 aromatic rings. The van der Waals surface area contributed by atoms with Gasteiger partial charge in [-0.2, -0.15) is 0 Å². The number of carbonyl (C=O) groups excluding carboxylic acids is 1. The summed E-state index contributed by atoms with van der Waals surface area (Å²) in [6.45, 7) is 3.75. The van der Waals surface area contributed by atoms with Gasteiger partial charge in [0.1, 0.15) is 6.29 Å². The van der Waals surface area contributed by atoms with Crippen LogP contribution in [-0.2, 0) is 4.79 Å². The van der Waals surface area contributed by atoms with Crippen LogP contribution in [0.2, 0.25) is 0 Å². The third-order valence-corrected chi connectivity index (χ3v) is 1.17. The molecule has 0 aromatic carbocycles. The second kappa shape index (κ2) is 6.10. The van der Waals surface area contributed by atoms with Crippen molar-refractivity contribution in [3.05, 3.63) is 11.6 Å². The van der Waals surface area contributed by atoms with Crippen LogP contribution in [0.15, 0.2) is 11.6 Å². The molecule has 0 aliphatic heterocycles. The summed E-state index contributed by atoms with van der Waals surface area (Å²) >= 11 is 0. The van der Waals surface area contributed by atoms with Gasteiger partial charge in [0.05, 0.1) is 0 Å². The van der Waals surface area contributed by atoms with E-state index >= 15 is 0 Å². The molecule has 0 atom stereocenters. The van der Waals surface area contributed by atoms with Crippen LogP contribution in [0, 0.1) is 11.8 Å². The molecule has 1 nitrogen and oxygen atoms in total. The standard InChI is InChI=1S/C9H12O/c1-3-4-5-6-9(2)7-8-10/h7-8H,5-6H2,1-2H3/b9-7+. The van der Waals surface area contributed by atoms with Crippen LogP contribution in [0.3, 0.4) is 0 Å². The molecule has 0 heterocycles. The minimum Gasteiger partial charge on any atom is -0.299 e. The van der Waals surface area contributed by atoms with Crippen molar-refractivity contribution in [2.75, 3.05) is 0 Å². The van der Waals surface area contributed by atoms with Gasteiger partial charge < -0.3 is 0 Å². The van der Waals surface area contributed by atoms with Gasteiger partial charge in [0, 0.05) is 6.42 Å². The zero-order chi connectivity index (χ0) is 7.82. The van der Waals surface area contributed by atoms with Crippen molar-refractivity contribution < 1.29 is 4.79 Å². The van der Waals surface area contributed by atoms with E-state index in [4.69, 9.17) is 0 Å². The molecule has 10 heavy (non-hydrogen) atoms. The van der Waals surface area contributed by atoms with Crippen LogP contribution in [0.25, 0.3) is 0 Å².